The molecular weight excluding hydrogens is 400 g/mol. The maximum absolute atomic E-state index is 13.0. The molecule has 1 saturated heterocycles. The van der Waals surface area contributed by atoms with E-state index in [0.717, 1.165) is 11.1 Å². The summed E-state index contributed by atoms with van der Waals surface area (Å²) in [6, 6.07) is 16.6. The molecule has 158 valence electrons. The van der Waals surface area contributed by atoms with Gasteiger partial charge in [0.15, 0.2) is 9.84 Å². The van der Waals surface area contributed by atoms with Gasteiger partial charge >= 0.3 is 0 Å². The Morgan fingerprint density at radius 2 is 1.77 bits per heavy atom. The Kier molecular flexibility index (Phi) is 7.50. The Hall–Kier alpha value is -2.82. The summed E-state index contributed by atoms with van der Waals surface area (Å²) in [4.78, 5) is 15.0. The van der Waals surface area contributed by atoms with Gasteiger partial charge in [-0.25, -0.2) is 8.42 Å². The van der Waals surface area contributed by atoms with E-state index in [1.54, 1.807) is 0 Å². The van der Waals surface area contributed by atoms with Crippen molar-refractivity contribution in [1.82, 2.24) is 10.2 Å². The lowest BCUT2D eigenvalue weighted by molar-refractivity contribution is -0.126. The molecule has 1 N–H and O–H groups in total. The highest BCUT2D eigenvalue weighted by Crippen LogP contribution is 2.23. The smallest absolute Gasteiger partial charge is 0.241 e. The van der Waals surface area contributed by atoms with Gasteiger partial charge in [0.05, 0.1) is 11.5 Å². The molecule has 7 heteroatoms. The van der Waals surface area contributed by atoms with Gasteiger partial charge in [-0.15, -0.1) is 6.42 Å². The maximum atomic E-state index is 13.0. The molecule has 0 saturated carbocycles. The van der Waals surface area contributed by atoms with Crippen LogP contribution in [0.5, 0.6) is 5.75 Å². The number of nitrogens with zero attached hydrogens (tertiary/aromatic N) is 1. The van der Waals surface area contributed by atoms with Gasteiger partial charge in [-0.05, 0) is 29.7 Å². The minimum absolute atomic E-state index is 0.0811. The second-order valence-electron chi connectivity index (χ2n) is 7.18. The molecule has 1 aliphatic rings. The van der Waals surface area contributed by atoms with Gasteiger partial charge in [-0.1, -0.05) is 48.4 Å². The third-order valence-electron chi connectivity index (χ3n) is 5.07. The normalized spacial score (nSPS) is 16.9. The second kappa shape index (κ2) is 10.3. The van der Waals surface area contributed by atoms with Crippen molar-refractivity contribution in [2.75, 3.05) is 37.7 Å². The Morgan fingerprint density at radius 1 is 1.10 bits per heavy atom. The van der Waals surface area contributed by atoms with Crippen LogP contribution in [0.1, 0.15) is 17.2 Å². The van der Waals surface area contributed by atoms with Crippen LogP contribution < -0.4 is 10.1 Å². The van der Waals surface area contributed by atoms with Gasteiger partial charge in [0.25, 0.3) is 0 Å². The number of carbonyl (C=O) groups excluding carboxylic acids is 1. The van der Waals surface area contributed by atoms with Crippen LogP contribution >= 0.6 is 0 Å². The summed E-state index contributed by atoms with van der Waals surface area (Å²) in [5.74, 6) is 3.18. The number of hydrogen-bond acceptors (Lipinski definition) is 5. The van der Waals surface area contributed by atoms with Crippen LogP contribution in [0.4, 0.5) is 0 Å². The lowest BCUT2D eigenvalue weighted by Gasteiger charge is -2.33. The number of terminal acetylenes is 1. The largest absolute Gasteiger partial charge is 0.481 e. The fourth-order valence-electron chi connectivity index (χ4n) is 3.45. The number of amides is 1. The number of benzene rings is 2. The van der Waals surface area contributed by atoms with Crippen LogP contribution in [0.15, 0.2) is 54.6 Å². The number of rotatable bonds is 8. The quantitative estimate of drug-likeness (QED) is 0.652. The molecule has 1 fully saturated rings. The number of nitrogens with one attached hydrogen (secondary N) is 1. The van der Waals surface area contributed by atoms with Gasteiger partial charge in [0.2, 0.25) is 5.91 Å². The predicted octanol–water partition coefficient (Wildman–Crippen LogP) is 1.83. The SMILES string of the molecule is C#CCOc1ccc(CCNC(=O)C(c2ccccc2)N2CCS(=O)(=O)CC2)cc1. The molecule has 2 aromatic rings. The third-order valence-corrected chi connectivity index (χ3v) is 6.68. The van der Waals surface area contributed by atoms with Crippen molar-refractivity contribution in [2.45, 2.75) is 12.5 Å². The van der Waals surface area contributed by atoms with Crippen LogP contribution in [0, 0.1) is 12.3 Å². The van der Waals surface area contributed by atoms with E-state index in [4.69, 9.17) is 11.2 Å². The molecule has 0 bridgehead atoms. The molecule has 0 aromatic heterocycles. The van der Waals surface area contributed by atoms with Crippen LogP contribution in [-0.2, 0) is 21.1 Å². The van der Waals surface area contributed by atoms with Gasteiger partial charge in [0.1, 0.15) is 18.4 Å². The number of carbonyl (C=O) groups is 1. The van der Waals surface area contributed by atoms with Crippen LogP contribution in [0.25, 0.3) is 0 Å². The molecule has 6 nitrogen and oxygen atoms in total. The Bertz CT molecular complexity index is 968. The highest BCUT2D eigenvalue weighted by atomic mass is 32.2. The summed E-state index contributed by atoms with van der Waals surface area (Å²) >= 11 is 0. The van der Waals surface area contributed by atoms with Crippen molar-refractivity contribution in [2.24, 2.45) is 0 Å². The van der Waals surface area contributed by atoms with E-state index in [0.29, 0.717) is 31.8 Å². The summed E-state index contributed by atoms with van der Waals surface area (Å²) in [6.07, 6.45) is 5.86. The Morgan fingerprint density at radius 3 is 2.40 bits per heavy atom. The van der Waals surface area contributed by atoms with E-state index in [1.807, 2.05) is 59.5 Å². The summed E-state index contributed by atoms with van der Waals surface area (Å²) < 4.78 is 28.9. The zero-order valence-electron chi connectivity index (χ0n) is 16.8. The van der Waals surface area contributed by atoms with Crippen molar-refractivity contribution in [3.63, 3.8) is 0 Å². The van der Waals surface area contributed by atoms with E-state index in [2.05, 4.69) is 11.2 Å². The van der Waals surface area contributed by atoms with E-state index in [-0.39, 0.29) is 24.0 Å². The van der Waals surface area contributed by atoms with Gasteiger partial charge in [-0.3, -0.25) is 9.69 Å². The van der Waals surface area contributed by atoms with Gasteiger partial charge < -0.3 is 10.1 Å². The van der Waals surface area contributed by atoms with Crippen LogP contribution in [0.3, 0.4) is 0 Å². The van der Waals surface area contributed by atoms with E-state index >= 15 is 0 Å². The summed E-state index contributed by atoms with van der Waals surface area (Å²) in [5, 5.41) is 3.01. The zero-order chi connectivity index (χ0) is 21.4. The molecule has 0 radical (unpaired) electrons. The van der Waals surface area contributed by atoms with Gasteiger partial charge in [0, 0.05) is 19.6 Å². The Labute approximate surface area is 178 Å². The standard InChI is InChI=1S/C23H26N2O4S/c1-2-16-29-21-10-8-19(9-11-21)12-13-24-23(26)22(20-6-4-3-5-7-20)25-14-17-30(27,28)18-15-25/h1,3-11,22H,12-18H2,(H,24,26). The van der Waals surface area contributed by atoms with E-state index < -0.39 is 15.9 Å². The molecule has 1 unspecified atom stereocenters. The molecule has 1 aliphatic heterocycles. The summed E-state index contributed by atoms with van der Waals surface area (Å²) in [5.41, 5.74) is 1.94. The highest BCUT2D eigenvalue weighted by Gasteiger charge is 2.32. The van der Waals surface area contributed by atoms with Crippen molar-refractivity contribution >= 4 is 15.7 Å². The minimum Gasteiger partial charge on any atom is -0.481 e. The lowest BCUT2D eigenvalue weighted by Crippen LogP contribution is -2.47. The first-order valence-electron chi connectivity index (χ1n) is 9.91. The molecule has 0 aliphatic carbocycles. The average molecular weight is 427 g/mol. The van der Waals surface area contributed by atoms with Crippen LogP contribution in [0.2, 0.25) is 0 Å². The molecule has 1 amide bonds. The van der Waals surface area contributed by atoms with Crippen LogP contribution in [-0.4, -0.2) is 57.0 Å². The molecule has 2 aromatic carbocycles. The minimum atomic E-state index is -3.01. The van der Waals surface area contributed by atoms with E-state index in [1.165, 1.54) is 0 Å². The maximum Gasteiger partial charge on any atom is 0.241 e. The molecule has 30 heavy (non-hydrogen) atoms. The average Bonchev–Trinajstić information content (AvgIpc) is 2.75. The van der Waals surface area contributed by atoms with Crippen molar-refractivity contribution in [1.29, 1.82) is 0 Å². The topological polar surface area (TPSA) is 75.7 Å². The summed E-state index contributed by atoms with van der Waals surface area (Å²) in [6.45, 7) is 1.43. The molecular formula is C23H26N2O4S. The first-order valence-corrected chi connectivity index (χ1v) is 11.7. The number of sulfone groups is 1. The number of ether oxygens (including phenoxy) is 1. The number of hydrogen-bond donors (Lipinski definition) is 1. The lowest BCUT2D eigenvalue weighted by atomic mass is 10.0. The molecule has 3 rings (SSSR count). The van der Waals surface area contributed by atoms with Crippen molar-refractivity contribution in [3.8, 4) is 18.1 Å². The monoisotopic (exact) mass is 426 g/mol. The van der Waals surface area contributed by atoms with Gasteiger partial charge in [-0.2, -0.15) is 0 Å². The fraction of sp³-hybridized carbons (Fsp3) is 0.348. The van der Waals surface area contributed by atoms with Crippen molar-refractivity contribution < 1.29 is 17.9 Å². The molecule has 1 heterocycles. The van der Waals surface area contributed by atoms with E-state index in [9.17, 15) is 13.2 Å². The zero-order valence-corrected chi connectivity index (χ0v) is 17.6. The molecule has 1 atom stereocenters. The fourth-order valence-corrected chi connectivity index (χ4v) is 4.68. The first-order chi connectivity index (χ1) is 14.5. The molecule has 0 spiro atoms. The third kappa shape index (κ3) is 6.09. The highest BCUT2D eigenvalue weighted by molar-refractivity contribution is 7.91. The first kappa shape index (κ1) is 21.9. The van der Waals surface area contributed by atoms with Crippen molar-refractivity contribution in [3.05, 3.63) is 65.7 Å². The summed E-state index contributed by atoms with van der Waals surface area (Å²) in [7, 11) is -3.01. The second-order valence-corrected chi connectivity index (χ2v) is 9.48. The predicted molar refractivity (Wildman–Crippen MR) is 117 cm³/mol. The Balaban J connectivity index is 1.60.